The Kier molecular flexibility index (Phi) is 13.7. The van der Waals surface area contributed by atoms with Gasteiger partial charge in [-0.2, -0.15) is 0 Å². The molecule has 2 heterocycles. The van der Waals surface area contributed by atoms with Crippen LogP contribution in [-0.4, -0.2) is 80.3 Å². The zero-order valence-corrected chi connectivity index (χ0v) is 25.2. The second-order valence-electron chi connectivity index (χ2n) is 12.0. The minimum absolute atomic E-state index is 0.0140. The molecule has 0 spiro atoms. The second kappa shape index (κ2) is 16.0. The van der Waals surface area contributed by atoms with Crippen molar-refractivity contribution in [2.45, 2.75) is 123 Å². The molecule has 0 unspecified atom stereocenters. The number of esters is 1. The molecule has 8 nitrogen and oxygen atoms in total. The van der Waals surface area contributed by atoms with E-state index in [2.05, 4.69) is 0 Å². The predicted molar refractivity (Wildman–Crippen MR) is 155 cm³/mol. The Morgan fingerprint density at radius 1 is 0.950 bits per heavy atom. The summed E-state index contributed by atoms with van der Waals surface area (Å²) < 4.78 is 11.5. The number of aliphatic hydroxyl groups excluding tert-OH is 5. The first-order valence-electron chi connectivity index (χ1n) is 14.7. The molecule has 2 aliphatic rings. The number of epoxide rings is 1. The maximum atomic E-state index is 12.9. The number of hydrogen-bond acceptors (Lipinski definition) is 8. The van der Waals surface area contributed by atoms with Crippen molar-refractivity contribution >= 4 is 5.97 Å². The van der Waals surface area contributed by atoms with E-state index in [0.29, 0.717) is 31.3 Å². The van der Waals surface area contributed by atoms with Crippen LogP contribution in [0.1, 0.15) is 74.1 Å². The smallest absolute Gasteiger partial charge is 0.334 e. The molecule has 0 amide bonds. The van der Waals surface area contributed by atoms with Crippen molar-refractivity contribution in [1.82, 2.24) is 0 Å². The van der Waals surface area contributed by atoms with Gasteiger partial charge in [0.2, 0.25) is 0 Å². The van der Waals surface area contributed by atoms with Crippen LogP contribution in [0.15, 0.2) is 47.6 Å². The Morgan fingerprint density at radius 2 is 1.57 bits per heavy atom. The van der Waals surface area contributed by atoms with Gasteiger partial charge in [0.05, 0.1) is 30.5 Å². The highest BCUT2D eigenvalue weighted by Gasteiger charge is 2.49. The van der Waals surface area contributed by atoms with E-state index in [4.69, 9.17) is 9.47 Å². The molecule has 0 bridgehead atoms. The fraction of sp³-hybridized carbons (Fsp3) is 0.719. The Balaban J connectivity index is 2.07. The van der Waals surface area contributed by atoms with Crippen LogP contribution in [0.25, 0.3) is 0 Å². The maximum Gasteiger partial charge on any atom is 0.334 e. The van der Waals surface area contributed by atoms with Crippen LogP contribution >= 0.6 is 0 Å². The molecule has 0 radical (unpaired) electrons. The molecule has 0 aromatic rings. The summed E-state index contributed by atoms with van der Waals surface area (Å²) in [6.07, 6.45) is 8.20. The largest absolute Gasteiger partial charge is 0.458 e. The van der Waals surface area contributed by atoms with Crippen LogP contribution in [0.4, 0.5) is 0 Å². The maximum absolute atomic E-state index is 12.9. The van der Waals surface area contributed by atoms with Gasteiger partial charge in [-0.05, 0) is 52.0 Å². The van der Waals surface area contributed by atoms with Crippen LogP contribution in [0, 0.1) is 23.7 Å². The lowest BCUT2D eigenvalue weighted by Gasteiger charge is -2.29. The minimum atomic E-state index is -0.814. The number of carbonyl (C=O) groups excluding carboxylic acids is 1. The normalized spacial score (nSPS) is 34.0. The molecule has 0 saturated carbocycles. The van der Waals surface area contributed by atoms with Gasteiger partial charge in [-0.3, -0.25) is 0 Å². The van der Waals surface area contributed by atoms with E-state index in [9.17, 15) is 30.3 Å². The molecular formula is C32H52O8. The van der Waals surface area contributed by atoms with Crippen molar-refractivity contribution in [2.75, 3.05) is 0 Å². The lowest BCUT2D eigenvalue weighted by atomic mass is 9.85. The molecule has 2 aliphatic heterocycles. The predicted octanol–water partition coefficient (Wildman–Crippen LogP) is 3.61. The monoisotopic (exact) mass is 564 g/mol. The average Bonchev–Trinajstić information content (AvgIpc) is 3.70. The topological polar surface area (TPSA) is 140 Å². The highest BCUT2D eigenvalue weighted by molar-refractivity contribution is 5.88. The lowest BCUT2D eigenvalue weighted by molar-refractivity contribution is -0.146. The summed E-state index contributed by atoms with van der Waals surface area (Å²) in [4.78, 5) is 12.9. The van der Waals surface area contributed by atoms with Gasteiger partial charge >= 0.3 is 5.97 Å². The van der Waals surface area contributed by atoms with Gasteiger partial charge in [-0.1, -0.05) is 63.6 Å². The summed E-state index contributed by atoms with van der Waals surface area (Å²) in [6, 6.07) is 0. The third kappa shape index (κ3) is 10.2. The van der Waals surface area contributed by atoms with Crippen LogP contribution in [0.2, 0.25) is 0 Å². The van der Waals surface area contributed by atoms with E-state index >= 15 is 0 Å². The number of carbonyl (C=O) groups is 1. The molecule has 8 heteroatoms. The Hall–Kier alpha value is -1.81. The summed E-state index contributed by atoms with van der Waals surface area (Å²) in [6.45, 7) is 12.6. The zero-order chi connectivity index (χ0) is 30.1. The number of aliphatic hydroxyl groups is 5. The lowest BCUT2D eigenvalue weighted by Crippen LogP contribution is -2.38. The van der Waals surface area contributed by atoms with Crippen molar-refractivity contribution < 1.29 is 39.8 Å². The first-order valence-corrected chi connectivity index (χ1v) is 14.7. The summed E-state index contributed by atoms with van der Waals surface area (Å²) in [5.41, 5.74) is 1.30. The van der Waals surface area contributed by atoms with Crippen LogP contribution < -0.4 is 0 Å². The van der Waals surface area contributed by atoms with E-state index in [1.54, 1.807) is 33.8 Å². The highest BCUT2D eigenvalue weighted by Crippen LogP contribution is 2.34. The Morgan fingerprint density at radius 3 is 2.23 bits per heavy atom. The number of cyclic esters (lactones) is 1. The molecule has 0 aromatic carbocycles. The first-order chi connectivity index (χ1) is 18.7. The van der Waals surface area contributed by atoms with E-state index < -0.39 is 60.7 Å². The Bertz CT molecular complexity index is 922. The summed E-state index contributed by atoms with van der Waals surface area (Å²) >= 11 is 0. The molecule has 228 valence electrons. The Labute approximate surface area is 240 Å². The minimum Gasteiger partial charge on any atom is -0.458 e. The van der Waals surface area contributed by atoms with Gasteiger partial charge in [0.1, 0.15) is 18.3 Å². The van der Waals surface area contributed by atoms with Crippen molar-refractivity contribution in [3.05, 3.63) is 47.6 Å². The first kappa shape index (κ1) is 34.4. The van der Waals surface area contributed by atoms with Crippen LogP contribution in [-0.2, 0) is 14.3 Å². The summed E-state index contributed by atoms with van der Waals surface area (Å²) in [7, 11) is 0. The zero-order valence-electron chi connectivity index (χ0n) is 25.2. The summed E-state index contributed by atoms with van der Waals surface area (Å²) in [5, 5.41) is 51.8. The third-order valence-electron chi connectivity index (χ3n) is 8.41. The fourth-order valence-electron chi connectivity index (χ4n) is 5.11. The summed E-state index contributed by atoms with van der Waals surface area (Å²) in [5.74, 6) is -1.36. The molecular weight excluding hydrogens is 512 g/mol. The van der Waals surface area contributed by atoms with Crippen molar-refractivity contribution in [1.29, 1.82) is 0 Å². The third-order valence-corrected chi connectivity index (χ3v) is 8.41. The highest BCUT2D eigenvalue weighted by atomic mass is 16.6. The van der Waals surface area contributed by atoms with Gasteiger partial charge in [0.15, 0.2) is 0 Å². The molecule has 5 N–H and O–H groups in total. The molecule has 0 aliphatic carbocycles. The fourth-order valence-corrected chi connectivity index (χ4v) is 5.11. The molecule has 1 fully saturated rings. The van der Waals surface area contributed by atoms with E-state index in [1.807, 2.05) is 51.2 Å². The van der Waals surface area contributed by atoms with Gasteiger partial charge in [0.25, 0.3) is 0 Å². The SMILES string of the molecule is CC1=C[C@@H](C)[C@H](O)[C@@H]2O[C@H]2[C@H](O)C/C=C/C[C@@H]([C@@H](C)C/C=C/C[C@H](O)[C@@H](C)[C@H](O)[C@@H](C)[C@H](C)O)OC(=O)C(C)=C1. The standard InChI is InChI=1S/C32H52O8/c1-18-16-20(3)28(36)31-30(40-31)26(35)14-10-11-15-27(39-32(38)21(4)17-18)19(2)12-8-9-13-25(34)23(6)29(37)22(5)24(7)33/h8-11,16-17,19-20,22-31,33-37H,12-15H2,1-7H3/b9-8+,11-10+,18-16?,21-17?/t19-,20+,22-,23+,24-,25-,26+,27-,28-,29+,30-,31-/m0/s1. The molecule has 40 heavy (non-hydrogen) atoms. The van der Waals surface area contributed by atoms with Gasteiger partial charge in [-0.25, -0.2) is 4.79 Å². The second-order valence-corrected chi connectivity index (χ2v) is 12.0. The van der Waals surface area contributed by atoms with Crippen molar-refractivity contribution in [3.8, 4) is 0 Å². The molecule has 0 aromatic heterocycles. The number of allylic oxidation sites excluding steroid dienone is 3. The number of ether oxygens (including phenoxy) is 2. The number of rotatable bonds is 9. The number of fused-ring (bicyclic) bond motifs is 1. The average molecular weight is 565 g/mol. The molecule has 2 rings (SSSR count). The van der Waals surface area contributed by atoms with Gasteiger partial charge in [-0.15, -0.1) is 0 Å². The van der Waals surface area contributed by atoms with Crippen molar-refractivity contribution in [3.63, 3.8) is 0 Å². The number of hydrogen-bond donors (Lipinski definition) is 5. The quantitative estimate of drug-likeness (QED) is 0.163. The van der Waals surface area contributed by atoms with Crippen molar-refractivity contribution in [2.24, 2.45) is 23.7 Å². The van der Waals surface area contributed by atoms with Crippen LogP contribution in [0.3, 0.4) is 0 Å². The molecule has 1 saturated heterocycles. The van der Waals surface area contributed by atoms with E-state index in [1.165, 1.54) is 0 Å². The van der Waals surface area contributed by atoms with E-state index in [-0.39, 0.29) is 17.8 Å². The van der Waals surface area contributed by atoms with E-state index in [0.717, 1.165) is 5.57 Å². The van der Waals surface area contributed by atoms with Gasteiger partial charge in [0, 0.05) is 29.7 Å². The van der Waals surface area contributed by atoms with Gasteiger partial charge < -0.3 is 35.0 Å². The molecule has 12 atom stereocenters. The van der Waals surface area contributed by atoms with Crippen LogP contribution in [0.5, 0.6) is 0 Å².